The van der Waals surface area contributed by atoms with Crippen LogP contribution in [0.15, 0.2) is 6.33 Å². The van der Waals surface area contributed by atoms with Crippen LogP contribution in [0.3, 0.4) is 0 Å². The number of nitrogens with two attached hydrogens (primary N) is 1. The van der Waals surface area contributed by atoms with Gasteiger partial charge in [-0.05, 0) is 6.42 Å². The van der Waals surface area contributed by atoms with E-state index in [1.54, 1.807) is 6.26 Å². The number of aromatic nitrogens is 2. The number of nitrogen functional groups attached to an aromatic ring is 1. The smallest absolute Gasteiger partial charge is 0.203 e. The lowest BCUT2D eigenvalue weighted by molar-refractivity contribution is 0.415. The lowest BCUT2D eigenvalue weighted by Gasteiger charge is -2.12. The highest BCUT2D eigenvalue weighted by atomic mass is 32.2. The fourth-order valence-electron chi connectivity index (χ4n) is 1.27. The topological polar surface area (TPSA) is 90.1 Å². The molecule has 7 heteroatoms. The lowest BCUT2D eigenvalue weighted by atomic mass is 10.3. The highest BCUT2D eigenvalue weighted by molar-refractivity contribution is 7.84. The molecule has 1 aromatic rings. The van der Waals surface area contributed by atoms with Crippen LogP contribution in [0.2, 0.25) is 0 Å². The zero-order valence-corrected chi connectivity index (χ0v) is 11.1. The summed E-state index contributed by atoms with van der Waals surface area (Å²) in [5.41, 5.74) is 5.65. The molecule has 0 aliphatic rings. The summed E-state index contributed by atoms with van der Waals surface area (Å²) in [6.45, 7) is 2.61. The van der Waals surface area contributed by atoms with Gasteiger partial charge in [-0.25, -0.2) is 9.97 Å². The Morgan fingerprint density at radius 1 is 1.59 bits per heavy atom. The molecule has 0 aliphatic heterocycles. The summed E-state index contributed by atoms with van der Waals surface area (Å²) in [5, 5.41) is 3.25. The number of hydrogen-bond donors (Lipinski definition) is 2. The maximum atomic E-state index is 11.2. The van der Waals surface area contributed by atoms with Crippen molar-refractivity contribution in [1.29, 1.82) is 0 Å². The van der Waals surface area contributed by atoms with E-state index in [9.17, 15) is 4.21 Å². The monoisotopic (exact) mass is 258 g/mol. The molecule has 0 aromatic carbocycles. The molecule has 1 rings (SSSR count). The van der Waals surface area contributed by atoms with Gasteiger partial charge in [0.2, 0.25) is 5.75 Å². The van der Waals surface area contributed by atoms with E-state index in [2.05, 4.69) is 15.3 Å². The molecule has 1 heterocycles. The average Bonchev–Trinajstić information content (AvgIpc) is 2.29. The zero-order chi connectivity index (χ0) is 12.8. The van der Waals surface area contributed by atoms with E-state index in [4.69, 9.17) is 10.5 Å². The van der Waals surface area contributed by atoms with Crippen molar-refractivity contribution >= 4 is 22.4 Å². The highest BCUT2D eigenvalue weighted by Crippen LogP contribution is 2.26. The first-order valence-electron chi connectivity index (χ1n) is 5.26. The van der Waals surface area contributed by atoms with Gasteiger partial charge < -0.3 is 15.8 Å². The van der Waals surface area contributed by atoms with Gasteiger partial charge in [-0.15, -0.1) is 0 Å². The van der Waals surface area contributed by atoms with Crippen LogP contribution in [0.4, 0.5) is 11.6 Å². The molecule has 0 bridgehead atoms. The first kappa shape index (κ1) is 13.7. The summed E-state index contributed by atoms with van der Waals surface area (Å²) >= 11 is 0. The Hall–Kier alpha value is -1.37. The molecule has 0 spiro atoms. The van der Waals surface area contributed by atoms with E-state index in [1.165, 1.54) is 13.4 Å². The number of ether oxygens (including phenoxy) is 1. The van der Waals surface area contributed by atoms with Crippen LogP contribution in [0.1, 0.15) is 13.3 Å². The maximum absolute atomic E-state index is 11.2. The molecular weight excluding hydrogens is 240 g/mol. The van der Waals surface area contributed by atoms with Gasteiger partial charge in [0.15, 0.2) is 11.6 Å². The lowest BCUT2D eigenvalue weighted by Crippen LogP contribution is -2.16. The molecule has 0 saturated heterocycles. The fraction of sp³-hybridized carbons (Fsp3) is 0.600. The molecule has 2 atom stereocenters. The number of nitrogens with one attached hydrogen (secondary N) is 1. The summed E-state index contributed by atoms with van der Waals surface area (Å²) in [6, 6.07) is 0. The molecule has 3 N–H and O–H groups in total. The van der Waals surface area contributed by atoms with Gasteiger partial charge in [0, 0.05) is 28.9 Å². The van der Waals surface area contributed by atoms with Gasteiger partial charge in [0.25, 0.3) is 0 Å². The Labute approximate surface area is 103 Å². The van der Waals surface area contributed by atoms with Crippen LogP contribution in [-0.2, 0) is 10.8 Å². The Bertz CT molecular complexity index is 400. The second-order valence-electron chi connectivity index (χ2n) is 3.67. The van der Waals surface area contributed by atoms with Crippen molar-refractivity contribution in [2.45, 2.75) is 18.6 Å². The Kier molecular flexibility index (Phi) is 5.14. The number of anilines is 2. The van der Waals surface area contributed by atoms with Crippen LogP contribution in [0, 0.1) is 0 Å². The molecule has 6 nitrogen and oxygen atoms in total. The average molecular weight is 258 g/mol. The molecule has 0 aliphatic carbocycles. The second kappa shape index (κ2) is 6.39. The number of nitrogens with zero attached hydrogens (tertiary/aromatic N) is 2. The molecule has 17 heavy (non-hydrogen) atoms. The van der Waals surface area contributed by atoms with Crippen molar-refractivity contribution in [3.8, 4) is 5.75 Å². The van der Waals surface area contributed by atoms with Crippen LogP contribution in [-0.4, -0.2) is 39.3 Å². The van der Waals surface area contributed by atoms with Crippen molar-refractivity contribution in [2.75, 3.05) is 31.0 Å². The zero-order valence-electron chi connectivity index (χ0n) is 10.3. The van der Waals surface area contributed by atoms with Crippen molar-refractivity contribution in [3.63, 3.8) is 0 Å². The first-order valence-corrected chi connectivity index (χ1v) is 6.89. The summed E-state index contributed by atoms with van der Waals surface area (Å²) in [6.07, 6.45) is 3.87. The molecule has 0 amide bonds. The predicted octanol–water partition coefficient (Wildman–Crippen LogP) is 0.636. The summed E-state index contributed by atoms with van der Waals surface area (Å²) in [4.78, 5) is 7.88. The van der Waals surface area contributed by atoms with Crippen molar-refractivity contribution in [2.24, 2.45) is 0 Å². The fourth-order valence-corrected chi connectivity index (χ4v) is 1.72. The minimum Gasteiger partial charge on any atom is -0.490 e. The number of rotatable bonds is 6. The van der Waals surface area contributed by atoms with E-state index < -0.39 is 10.8 Å². The van der Waals surface area contributed by atoms with Gasteiger partial charge in [0.05, 0.1) is 7.11 Å². The molecule has 0 fully saturated rings. The van der Waals surface area contributed by atoms with Gasteiger partial charge >= 0.3 is 0 Å². The van der Waals surface area contributed by atoms with Gasteiger partial charge in [0.1, 0.15) is 6.33 Å². The SMILES string of the molecule is COc1c(N)ncnc1NCCC(C)S(C)=O. The summed E-state index contributed by atoms with van der Waals surface area (Å²) < 4.78 is 16.3. The molecule has 1 aromatic heterocycles. The number of methoxy groups -OCH3 is 1. The summed E-state index contributed by atoms with van der Waals surface area (Å²) in [5.74, 6) is 1.31. The van der Waals surface area contributed by atoms with Gasteiger partial charge in [-0.3, -0.25) is 4.21 Å². The van der Waals surface area contributed by atoms with E-state index in [-0.39, 0.29) is 5.25 Å². The standard InChI is InChI=1S/C10H18N4O2S/c1-7(17(3)15)4-5-12-10-8(16-2)9(11)13-6-14-10/h6-7H,4-5H2,1-3H3,(H3,11,12,13,14). The molecule has 96 valence electrons. The predicted molar refractivity (Wildman–Crippen MR) is 69.6 cm³/mol. The van der Waals surface area contributed by atoms with Gasteiger partial charge in [-0.2, -0.15) is 0 Å². The Balaban J connectivity index is 2.58. The molecule has 0 radical (unpaired) electrons. The third kappa shape index (κ3) is 3.85. The highest BCUT2D eigenvalue weighted by Gasteiger charge is 2.10. The Morgan fingerprint density at radius 3 is 2.88 bits per heavy atom. The summed E-state index contributed by atoms with van der Waals surface area (Å²) in [7, 11) is 0.709. The number of hydrogen-bond acceptors (Lipinski definition) is 6. The van der Waals surface area contributed by atoms with Gasteiger partial charge in [-0.1, -0.05) is 6.92 Å². The largest absolute Gasteiger partial charge is 0.490 e. The van der Waals surface area contributed by atoms with E-state index in [0.29, 0.717) is 23.9 Å². The normalized spacial score (nSPS) is 14.1. The van der Waals surface area contributed by atoms with Crippen LogP contribution in [0.5, 0.6) is 5.75 Å². The third-order valence-electron chi connectivity index (χ3n) is 2.45. The van der Waals surface area contributed by atoms with Crippen LogP contribution in [0.25, 0.3) is 0 Å². The maximum Gasteiger partial charge on any atom is 0.203 e. The Morgan fingerprint density at radius 2 is 2.29 bits per heavy atom. The molecule has 2 unspecified atom stereocenters. The van der Waals surface area contributed by atoms with E-state index >= 15 is 0 Å². The minimum absolute atomic E-state index is 0.146. The van der Waals surface area contributed by atoms with Crippen LogP contribution >= 0.6 is 0 Å². The molecule has 0 saturated carbocycles. The quantitative estimate of drug-likeness (QED) is 0.778. The minimum atomic E-state index is -0.808. The second-order valence-corrected chi connectivity index (χ2v) is 5.47. The van der Waals surface area contributed by atoms with Crippen molar-refractivity contribution < 1.29 is 8.95 Å². The van der Waals surface area contributed by atoms with E-state index in [1.807, 2.05) is 6.92 Å². The molecular formula is C10H18N4O2S. The van der Waals surface area contributed by atoms with E-state index in [0.717, 1.165) is 6.42 Å². The van der Waals surface area contributed by atoms with Crippen molar-refractivity contribution in [1.82, 2.24) is 9.97 Å². The third-order valence-corrected chi connectivity index (χ3v) is 3.81. The van der Waals surface area contributed by atoms with Crippen molar-refractivity contribution in [3.05, 3.63) is 6.33 Å². The van der Waals surface area contributed by atoms with Crippen LogP contribution < -0.4 is 15.8 Å². The first-order chi connectivity index (χ1) is 8.06.